The van der Waals surface area contributed by atoms with E-state index in [4.69, 9.17) is 0 Å². The maximum Gasteiger partial charge on any atom is 0.254 e. The van der Waals surface area contributed by atoms with E-state index in [-0.39, 0.29) is 17.9 Å². The first-order valence-corrected chi connectivity index (χ1v) is 8.01. The van der Waals surface area contributed by atoms with Crippen molar-refractivity contribution in [3.63, 3.8) is 0 Å². The molecule has 1 atom stereocenters. The molecule has 2 saturated heterocycles. The Labute approximate surface area is 122 Å². The lowest BCUT2D eigenvalue weighted by molar-refractivity contribution is -0.135. The quantitative estimate of drug-likeness (QED) is 0.877. The molecule has 1 aromatic heterocycles. The number of hydrogen-bond donors (Lipinski definition) is 1. The summed E-state index contributed by atoms with van der Waals surface area (Å²) < 4.78 is 0. The van der Waals surface area contributed by atoms with Gasteiger partial charge in [0, 0.05) is 37.6 Å². The van der Waals surface area contributed by atoms with E-state index in [1.165, 1.54) is 0 Å². The number of carbonyl (C=O) groups excluding carboxylic acids is 2. The topological polar surface area (TPSA) is 52.7 Å². The Morgan fingerprint density at radius 2 is 2.30 bits per heavy atom. The molecule has 6 heteroatoms. The van der Waals surface area contributed by atoms with Gasteiger partial charge in [0.2, 0.25) is 5.91 Å². The van der Waals surface area contributed by atoms with Gasteiger partial charge < -0.3 is 15.1 Å². The van der Waals surface area contributed by atoms with E-state index >= 15 is 0 Å². The minimum Gasteiger partial charge on any atom is -0.337 e. The Bertz CT molecular complexity index is 489. The Balaban J connectivity index is 1.67. The van der Waals surface area contributed by atoms with Gasteiger partial charge in [0.15, 0.2) is 0 Å². The highest BCUT2D eigenvalue weighted by atomic mass is 32.1. The summed E-state index contributed by atoms with van der Waals surface area (Å²) in [5, 5.41) is 6.91. The van der Waals surface area contributed by atoms with Crippen molar-refractivity contribution in [2.24, 2.45) is 0 Å². The number of carbonyl (C=O) groups is 2. The molecule has 5 nitrogen and oxygen atoms in total. The molecule has 2 fully saturated rings. The number of thiophene rings is 1. The van der Waals surface area contributed by atoms with Crippen LogP contribution in [-0.4, -0.2) is 60.4 Å². The molecule has 2 aliphatic heterocycles. The van der Waals surface area contributed by atoms with Crippen LogP contribution in [0.25, 0.3) is 0 Å². The van der Waals surface area contributed by atoms with E-state index in [0.717, 1.165) is 38.0 Å². The number of piperazine rings is 1. The minimum absolute atomic E-state index is 0.0959. The molecule has 108 valence electrons. The second-order valence-electron chi connectivity index (χ2n) is 5.32. The molecule has 3 heterocycles. The van der Waals surface area contributed by atoms with E-state index in [9.17, 15) is 9.59 Å². The fourth-order valence-corrected chi connectivity index (χ4v) is 3.60. The number of piperidine rings is 1. The SMILES string of the molecule is O=C(c1ccsc1)N1CCCC(N2CCNCC2=O)C1. The van der Waals surface area contributed by atoms with E-state index in [1.807, 2.05) is 26.6 Å². The largest absolute Gasteiger partial charge is 0.337 e. The van der Waals surface area contributed by atoms with Gasteiger partial charge in [-0.25, -0.2) is 0 Å². The molecule has 0 spiro atoms. The smallest absolute Gasteiger partial charge is 0.254 e. The number of nitrogens with zero attached hydrogens (tertiary/aromatic N) is 2. The van der Waals surface area contributed by atoms with Crippen molar-refractivity contribution in [2.75, 3.05) is 32.7 Å². The number of nitrogens with one attached hydrogen (secondary N) is 1. The summed E-state index contributed by atoms with van der Waals surface area (Å²) in [4.78, 5) is 28.2. The summed E-state index contributed by atoms with van der Waals surface area (Å²) in [7, 11) is 0. The van der Waals surface area contributed by atoms with Crippen LogP contribution in [0.4, 0.5) is 0 Å². The third kappa shape index (κ3) is 2.71. The van der Waals surface area contributed by atoms with Gasteiger partial charge in [-0.05, 0) is 24.3 Å². The van der Waals surface area contributed by atoms with Gasteiger partial charge in [0.1, 0.15) is 0 Å². The lowest BCUT2D eigenvalue weighted by Crippen LogP contribution is -2.57. The Morgan fingerprint density at radius 3 is 3.05 bits per heavy atom. The number of hydrogen-bond acceptors (Lipinski definition) is 4. The number of rotatable bonds is 2. The second-order valence-corrected chi connectivity index (χ2v) is 6.10. The molecule has 0 bridgehead atoms. The fraction of sp³-hybridized carbons (Fsp3) is 0.571. The first-order chi connectivity index (χ1) is 9.75. The van der Waals surface area contributed by atoms with Gasteiger partial charge in [-0.2, -0.15) is 11.3 Å². The van der Waals surface area contributed by atoms with Crippen LogP contribution in [0.5, 0.6) is 0 Å². The highest BCUT2D eigenvalue weighted by Crippen LogP contribution is 2.19. The van der Waals surface area contributed by atoms with Crippen molar-refractivity contribution in [3.05, 3.63) is 22.4 Å². The highest BCUT2D eigenvalue weighted by Gasteiger charge is 2.31. The molecular weight excluding hydrogens is 274 g/mol. The van der Waals surface area contributed by atoms with Crippen molar-refractivity contribution in [1.82, 2.24) is 15.1 Å². The number of amides is 2. The van der Waals surface area contributed by atoms with E-state index in [1.54, 1.807) is 11.3 Å². The standard InChI is InChI=1S/C14H19N3O2S/c18-13-8-15-4-6-17(13)12-2-1-5-16(9-12)14(19)11-3-7-20-10-11/h3,7,10,12,15H,1-2,4-6,8-9H2. The average Bonchev–Trinajstić information content (AvgIpc) is 3.01. The van der Waals surface area contributed by atoms with Crippen molar-refractivity contribution in [2.45, 2.75) is 18.9 Å². The minimum atomic E-state index is 0.0959. The zero-order chi connectivity index (χ0) is 13.9. The Kier molecular flexibility index (Phi) is 4.03. The summed E-state index contributed by atoms with van der Waals surface area (Å²) in [6.45, 7) is 3.49. The first kappa shape index (κ1) is 13.6. The molecule has 20 heavy (non-hydrogen) atoms. The van der Waals surface area contributed by atoms with Crippen molar-refractivity contribution < 1.29 is 9.59 Å². The molecule has 1 aromatic rings. The molecule has 0 aliphatic carbocycles. The molecule has 0 radical (unpaired) electrons. The Morgan fingerprint density at radius 1 is 1.40 bits per heavy atom. The van der Waals surface area contributed by atoms with Crippen LogP contribution in [0.2, 0.25) is 0 Å². The Hall–Kier alpha value is -1.40. The average molecular weight is 293 g/mol. The first-order valence-electron chi connectivity index (χ1n) is 7.07. The van der Waals surface area contributed by atoms with Gasteiger partial charge >= 0.3 is 0 Å². The molecule has 3 rings (SSSR count). The predicted molar refractivity (Wildman–Crippen MR) is 77.8 cm³/mol. The second kappa shape index (κ2) is 5.93. The summed E-state index contributed by atoms with van der Waals surface area (Å²) in [6, 6.07) is 2.05. The molecule has 0 saturated carbocycles. The van der Waals surface area contributed by atoms with Crippen LogP contribution in [0.1, 0.15) is 23.2 Å². The maximum atomic E-state index is 12.4. The van der Waals surface area contributed by atoms with Gasteiger partial charge in [-0.3, -0.25) is 9.59 Å². The normalized spacial score (nSPS) is 24.0. The van der Waals surface area contributed by atoms with Gasteiger partial charge in [0.25, 0.3) is 5.91 Å². The van der Waals surface area contributed by atoms with E-state index in [2.05, 4.69) is 5.32 Å². The summed E-state index contributed by atoms with van der Waals surface area (Å²) in [5.74, 6) is 0.254. The zero-order valence-corrected chi connectivity index (χ0v) is 12.2. The summed E-state index contributed by atoms with van der Waals surface area (Å²) in [5.41, 5.74) is 0.766. The van der Waals surface area contributed by atoms with Crippen LogP contribution >= 0.6 is 11.3 Å². The molecule has 1 N–H and O–H groups in total. The zero-order valence-electron chi connectivity index (χ0n) is 11.4. The number of likely N-dealkylation sites (tertiary alicyclic amines) is 1. The highest BCUT2D eigenvalue weighted by molar-refractivity contribution is 7.08. The molecule has 2 aliphatic rings. The van der Waals surface area contributed by atoms with Gasteiger partial charge in [-0.1, -0.05) is 0 Å². The fourth-order valence-electron chi connectivity index (χ4n) is 2.97. The summed E-state index contributed by atoms with van der Waals surface area (Å²) in [6.07, 6.45) is 1.97. The van der Waals surface area contributed by atoms with Crippen LogP contribution < -0.4 is 5.32 Å². The summed E-state index contributed by atoms with van der Waals surface area (Å²) >= 11 is 1.54. The molecule has 2 amide bonds. The molecule has 0 aromatic carbocycles. The third-order valence-corrected chi connectivity index (χ3v) is 4.70. The van der Waals surface area contributed by atoms with Crippen LogP contribution in [0.15, 0.2) is 16.8 Å². The van der Waals surface area contributed by atoms with E-state index < -0.39 is 0 Å². The van der Waals surface area contributed by atoms with E-state index in [0.29, 0.717) is 13.1 Å². The molecular formula is C14H19N3O2S. The third-order valence-electron chi connectivity index (χ3n) is 4.02. The lowest BCUT2D eigenvalue weighted by Gasteiger charge is -2.41. The monoisotopic (exact) mass is 293 g/mol. The van der Waals surface area contributed by atoms with Crippen LogP contribution in [0.3, 0.4) is 0 Å². The lowest BCUT2D eigenvalue weighted by atomic mass is 10.0. The van der Waals surface area contributed by atoms with Gasteiger partial charge in [-0.15, -0.1) is 0 Å². The molecule has 1 unspecified atom stereocenters. The van der Waals surface area contributed by atoms with Crippen LogP contribution in [-0.2, 0) is 4.79 Å². The van der Waals surface area contributed by atoms with Crippen LogP contribution in [0, 0.1) is 0 Å². The maximum absolute atomic E-state index is 12.4. The van der Waals surface area contributed by atoms with Gasteiger partial charge in [0.05, 0.1) is 12.1 Å². The van der Waals surface area contributed by atoms with Crippen molar-refractivity contribution in [3.8, 4) is 0 Å². The van der Waals surface area contributed by atoms with Crippen molar-refractivity contribution >= 4 is 23.2 Å². The van der Waals surface area contributed by atoms with Crippen molar-refractivity contribution in [1.29, 1.82) is 0 Å². The predicted octanol–water partition coefficient (Wildman–Crippen LogP) is 0.784.